The predicted molar refractivity (Wildman–Crippen MR) is 73.1 cm³/mol. The summed E-state index contributed by atoms with van der Waals surface area (Å²) in [6.45, 7) is 6.60. The van der Waals surface area contributed by atoms with Crippen LogP contribution in [0.4, 0.5) is 0 Å². The van der Waals surface area contributed by atoms with E-state index in [1.54, 1.807) is 11.1 Å². The first-order chi connectivity index (χ1) is 8.33. The number of hydrogen-bond acceptors (Lipinski definition) is 2. The molecule has 1 heterocycles. The Bertz CT molecular complexity index is 360. The highest BCUT2D eigenvalue weighted by molar-refractivity contribution is 5.33. The molecule has 0 fully saturated rings. The number of hydrogen-bond donors (Lipinski definition) is 1. The van der Waals surface area contributed by atoms with Gasteiger partial charge in [-0.2, -0.15) is 0 Å². The average Bonchev–Trinajstić information content (AvgIpc) is 2.38. The molecule has 1 aromatic carbocycles. The molecule has 17 heavy (non-hydrogen) atoms. The molecular formula is C15H24N2. The summed E-state index contributed by atoms with van der Waals surface area (Å²) < 4.78 is 0. The zero-order valence-electron chi connectivity index (χ0n) is 10.9. The fourth-order valence-corrected chi connectivity index (χ4v) is 2.56. The van der Waals surface area contributed by atoms with E-state index in [4.69, 9.17) is 5.73 Å². The Balaban J connectivity index is 1.96. The molecule has 2 N–H and O–H groups in total. The summed E-state index contributed by atoms with van der Waals surface area (Å²) in [6.07, 6.45) is 4.74. The van der Waals surface area contributed by atoms with Gasteiger partial charge in [0.25, 0.3) is 0 Å². The minimum Gasteiger partial charge on any atom is -0.330 e. The van der Waals surface area contributed by atoms with Crippen molar-refractivity contribution in [3.63, 3.8) is 0 Å². The molecule has 0 aliphatic carbocycles. The van der Waals surface area contributed by atoms with Gasteiger partial charge in [0.1, 0.15) is 0 Å². The van der Waals surface area contributed by atoms with Gasteiger partial charge in [0.15, 0.2) is 0 Å². The highest BCUT2D eigenvalue weighted by atomic mass is 15.1. The second kappa shape index (κ2) is 6.18. The van der Waals surface area contributed by atoms with Crippen LogP contribution >= 0.6 is 0 Å². The van der Waals surface area contributed by atoms with Crippen LogP contribution in [0.2, 0.25) is 0 Å². The summed E-state index contributed by atoms with van der Waals surface area (Å²) in [7, 11) is 0. The van der Waals surface area contributed by atoms with E-state index in [9.17, 15) is 0 Å². The van der Waals surface area contributed by atoms with E-state index in [1.807, 2.05) is 0 Å². The second-order valence-corrected chi connectivity index (χ2v) is 4.98. The normalized spacial score (nSPS) is 15.9. The monoisotopic (exact) mass is 232 g/mol. The summed E-state index contributed by atoms with van der Waals surface area (Å²) in [4.78, 5) is 2.57. The third kappa shape index (κ3) is 3.30. The van der Waals surface area contributed by atoms with Crippen LogP contribution < -0.4 is 5.73 Å². The standard InChI is InChI=1S/C15H24N2/c1-2-13-5-6-14-7-10-17(9-4-3-8-16)12-15(14)11-13/h5-6,11H,2-4,7-10,12,16H2,1H3. The summed E-state index contributed by atoms with van der Waals surface area (Å²) in [5.41, 5.74) is 10.1. The van der Waals surface area contributed by atoms with Crippen LogP contribution in [-0.4, -0.2) is 24.5 Å². The van der Waals surface area contributed by atoms with Crippen LogP contribution in [0.25, 0.3) is 0 Å². The van der Waals surface area contributed by atoms with Crippen molar-refractivity contribution >= 4 is 0 Å². The molecule has 1 aromatic rings. The van der Waals surface area contributed by atoms with Gasteiger partial charge in [0.05, 0.1) is 0 Å². The van der Waals surface area contributed by atoms with E-state index >= 15 is 0 Å². The Morgan fingerprint density at radius 1 is 1.24 bits per heavy atom. The number of benzene rings is 1. The van der Waals surface area contributed by atoms with Crippen molar-refractivity contribution in [2.24, 2.45) is 5.73 Å². The SMILES string of the molecule is CCc1ccc2c(c1)CN(CCCCN)CC2. The summed E-state index contributed by atoms with van der Waals surface area (Å²) in [5, 5.41) is 0. The van der Waals surface area contributed by atoms with Crippen LogP contribution in [0.5, 0.6) is 0 Å². The number of aryl methyl sites for hydroxylation is 1. The van der Waals surface area contributed by atoms with Gasteiger partial charge in [-0.3, -0.25) is 4.90 Å². The average molecular weight is 232 g/mol. The Kier molecular flexibility index (Phi) is 4.57. The molecule has 0 saturated carbocycles. The number of rotatable bonds is 5. The molecule has 1 aliphatic rings. The van der Waals surface area contributed by atoms with Crippen molar-refractivity contribution in [3.8, 4) is 0 Å². The van der Waals surface area contributed by atoms with Crippen molar-refractivity contribution < 1.29 is 0 Å². The second-order valence-electron chi connectivity index (χ2n) is 4.98. The van der Waals surface area contributed by atoms with Gasteiger partial charge >= 0.3 is 0 Å². The van der Waals surface area contributed by atoms with E-state index in [0.717, 1.165) is 25.9 Å². The van der Waals surface area contributed by atoms with Crippen LogP contribution in [0.1, 0.15) is 36.5 Å². The lowest BCUT2D eigenvalue weighted by Crippen LogP contribution is -2.31. The Morgan fingerprint density at radius 2 is 2.12 bits per heavy atom. The summed E-state index contributed by atoms with van der Waals surface area (Å²) in [6, 6.07) is 7.00. The summed E-state index contributed by atoms with van der Waals surface area (Å²) >= 11 is 0. The lowest BCUT2D eigenvalue weighted by atomic mass is 9.96. The zero-order valence-corrected chi connectivity index (χ0v) is 10.9. The first-order valence-electron chi connectivity index (χ1n) is 6.86. The molecule has 2 rings (SSSR count). The predicted octanol–water partition coefficient (Wildman–Crippen LogP) is 2.35. The highest BCUT2D eigenvalue weighted by Crippen LogP contribution is 2.20. The van der Waals surface area contributed by atoms with E-state index in [0.29, 0.717) is 0 Å². The van der Waals surface area contributed by atoms with Crippen molar-refractivity contribution in [1.82, 2.24) is 4.90 Å². The third-order valence-corrected chi connectivity index (χ3v) is 3.70. The molecule has 0 saturated heterocycles. The summed E-state index contributed by atoms with van der Waals surface area (Å²) in [5.74, 6) is 0. The lowest BCUT2D eigenvalue weighted by Gasteiger charge is -2.29. The Morgan fingerprint density at radius 3 is 2.88 bits per heavy atom. The smallest absolute Gasteiger partial charge is 0.0236 e. The molecule has 0 spiro atoms. The van der Waals surface area contributed by atoms with Crippen LogP contribution in [0.15, 0.2) is 18.2 Å². The minimum absolute atomic E-state index is 0.824. The Labute approximate surface area is 105 Å². The number of fused-ring (bicyclic) bond motifs is 1. The number of unbranched alkanes of at least 4 members (excludes halogenated alkanes) is 1. The third-order valence-electron chi connectivity index (χ3n) is 3.70. The first kappa shape index (κ1) is 12.6. The van der Waals surface area contributed by atoms with Crippen molar-refractivity contribution in [2.75, 3.05) is 19.6 Å². The number of nitrogens with zero attached hydrogens (tertiary/aromatic N) is 1. The van der Waals surface area contributed by atoms with Gasteiger partial charge in [-0.25, -0.2) is 0 Å². The van der Waals surface area contributed by atoms with Gasteiger partial charge < -0.3 is 5.73 Å². The van der Waals surface area contributed by atoms with Gasteiger partial charge in [-0.1, -0.05) is 25.1 Å². The molecule has 0 bridgehead atoms. The maximum atomic E-state index is 5.54. The topological polar surface area (TPSA) is 29.3 Å². The molecule has 0 aromatic heterocycles. The van der Waals surface area contributed by atoms with E-state index in [2.05, 4.69) is 30.0 Å². The molecule has 2 heteroatoms. The molecular weight excluding hydrogens is 208 g/mol. The van der Waals surface area contributed by atoms with Crippen molar-refractivity contribution in [3.05, 3.63) is 34.9 Å². The van der Waals surface area contributed by atoms with Crippen molar-refractivity contribution in [1.29, 1.82) is 0 Å². The van der Waals surface area contributed by atoms with E-state index < -0.39 is 0 Å². The van der Waals surface area contributed by atoms with Gasteiger partial charge in [0, 0.05) is 13.1 Å². The van der Waals surface area contributed by atoms with Gasteiger partial charge in [-0.15, -0.1) is 0 Å². The fraction of sp³-hybridized carbons (Fsp3) is 0.600. The van der Waals surface area contributed by atoms with E-state index in [1.165, 1.54) is 31.5 Å². The molecule has 1 aliphatic heterocycles. The maximum absolute atomic E-state index is 5.54. The molecule has 0 atom stereocenters. The van der Waals surface area contributed by atoms with Crippen LogP contribution in [-0.2, 0) is 19.4 Å². The lowest BCUT2D eigenvalue weighted by molar-refractivity contribution is 0.249. The first-order valence-corrected chi connectivity index (χ1v) is 6.86. The highest BCUT2D eigenvalue weighted by Gasteiger charge is 2.15. The Hall–Kier alpha value is -0.860. The maximum Gasteiger partial charge on any atom is 0.0236 e. The van der Waals surface area contributed by atoms with Crippen LogP contribution in [0, 0.1) is 0 Å². The molecule has 94 valence electrons. The fourth-order valence-electron chi connectivity index (χ4n) is 2.56. The largest absolute Gasteiger partial charge is 0.330 e. The van der Waals surface area contributed by atoms with Crippen LogP contribution in [0.3, 0.4) is 0 Å². The number of nitrogens with two attached hydrogens (primary N) is 1. The van der Waals surface area contributed by atoms with Gasteiger partial charge in [0.2, 0.25) is 0 Å². The molecule has 0 radical (unpaired) electrons. The van der Waals surface area contributed by atoms with E-state index in [-0.39, 0.29) is 0 Å². The molecule has 0 unspecified atom stereocenters. The van der Waals surface area contributed by atoms with Crippen molar-refractivity contribution in [2.45, 2.75) is 39.2 Å². The molecule has 0 amide bonds. The quantitative estimate of drug-likeness (QED) is 0.790. The minimum atomic E-state index is 0.824. The molecule has 2 nitrogen and oxygen atoms in total. The van der Waals surface area contributed by atoms with Gasteiger partial charge in [-0.05, 0) is 55.5 Å². The zero-order chi connectivity index (χ0) is 12.1.